The lowest BCUT2D eigenvalue weighted by atomic mass is 9.87. The first-order valence-electron chi connectivity index (χ1n) is 10.1. The van der Waals surface area contributed by atoms with Crippen molar-refractivity contribution in [2.75, 3.05) is 45.8 Å². The van der Waals surface area contributed by atoms with E-state index in [0.29, 0.717) is 25.6 Å². The zero-order chi connectivity index (χ0) is 17.6. The largest absolute Gasteiger partial charge is 0.356 e. The molecule has 2 amide bonds. The first kappa shape index (κ1) is 18.6. The topological polar surface area (TPSA) is 64.7 Å². The van der Waals surface area contributed by atoms with E-state index in [1.54, 1.807) is 0 Å². The maximum absolute atomic E-state index is 12.4. The molecule has 1 aliphatic carbocycles. The van der Waals surface area contributed by atoms with Gasteiger partial charge in [0, 0.05) is 51.7 Å². The molecular formula is C19H34N4O2. The Kier molecular flexibility index (Phi) is 6.70. The van der Waals surface area contributed by atoms with E-state index in [-0.39, 0.29) is 17.7 Å². The molecule has 2 N–H and O–H groups in total. The fraction of sp³-hybridized carbons (Fsp3) is 0.895. The summed E-state index contributed by atoms with van der Waals surface area (Å²) in [6, 6.07) is 0.370. The summed E-state index contributed by atoms with van der Waals surface area (Å²) < 4.78 is 0. The van der Waals surface area contributed by atoms with Gasteiger partial charge in [-0.05, 0) is 44.6 Å². The van der Waals surface area contributed by atoms with E-state index in [1.807, 2.05) is 4.90 Å². The van der Waals surface area contributed by atoms with Gasteiger partial charge in [-0.15, -0.1) is 0 Å². The summed E-state index contributed by atoms with van der Waals surface area (Å²) in [6.07, 6.45) is 6.00. The van der Waals surface area contributed by atoms with Crippen LogP contribution >= 0.6 is 0 Å². The van der Waals surface area contributed by atoms with Crippen molar-refractivity contribution < 1.29 is 9.59 Å². The summed E-state index contributed by atoms with van der Waals surface area (Å²) in [5.41, 5.74) is 0. The lowest BCUT2D eigenvalue weighted by Crippen LogP contribution is -2.44. The Balaban J connectivity index is 1.35. The van der Waals surface area contributed by atoms with E-state index in [4.69, 9.17) is 0 Å². The summed E-state index contributed by atoms with van der Waals surface area (Å²) >= 11 is 0. The molecule has 25 heavy (non-hydrogen) atoms. The maximum atomic E-state index is 12.4. The first-order chi connectivity index (χ1) is 12.1. The van der Waals surface area contributed by atoms with Crippen LogP contribution in [-0.4, -0.2) is 73.5 Å². The number of piperazine rings is 1. The smallest absolute Gasteiger partial charge is 0.225 e. The monoisotopic (exact) mass is 350 g/mol. The van der Waals surface area contributed by atoms with Crippen LogP contribution < -0.4 is 10.6 Å². The van der Waals surface area contributed by atoms with Gasteiger partial charge < -0.3 is 20.4 Å². The van der Waals surface area contributed by atoms with E-state index in [0.717, 1.165) is 57.9 Å². The molecule has 0 radical (unpaired) electrons. The highest BCUT2D eigenvalue weighted by Gasteiger charge is 2.38. The van der Waals surface area contributed by atoms with Crippen LogP contribution in [0.1, 0.15) is 45.4 Å². The third-order valence-corrected chi connectivity index (χ3v) is 6.12. The normalized spacial score (nSPS) is 31.3. The van der Waals surface area contributed by atoms with Crippen molar-refractivity contribution in [2.24, 2.45) is 11.8 Å². The molecule has 1 atom stereocenters. The molecule has 2 aliphatic heterocycles. The van der Waals surface area contributed by atoms with E-state index in [9.17, 15) is 9.59 Å². The van der Waals surface area contributed by atoms with Crippen LogP contribution in [0.3, 0.4) is 0 Å². The fourth-order valence-electron chi connectivity index (χ4n) is 4.41. The number of carbonyl (C=O) groups excluding carboxylic acids is 2. The van der Waals surface area contributed by atoms with E-state index >= 15 is 0 Å². The minimum absolute atomic E-state index is 0.0698. The maximum Gasteiger partial charge on any atom is 0.225 e. The van der Waals surface area contributed by atoms with Crippen LogP contribution in [0.4, 0.5) is 0 Å². The van der Waals surface area contributed by atoms with Gasteiger partial charge in [0.25, 0.3) is 0 Å². The average molecular weight is 351 g/mol. The van der Waals surface area contributed by atoms with Gasteiger partial charge >= 0.3 is 0 Å². The molecule has 0 aromatic heterocycles. The molecule has 0 aromatic rings. The summed E-state index contributed by atoms with van der Waals surface area (Å²) in [7, 11) is 0. The molecule has 3 rings (SSSR count). The standard InChI is InChI=1S/C19H34N4O2/c1-15-3-5-17(6-4-15)23-14-16(13-18(23)24)19(25)21-7-2-10-22-11-8-20-9-12-22/h15-17,20H,2-14H2,1H3,(H,21,25). The highest BCUT2D eigenvalue weighted by Crippen LogP contribution is 2.31. The lowest BCUT2D eigenvalue weighted by Gasteiger charge is -2.33. The van der Waals surface area contributed by atoms with Crippen LogP contribution in [-0.2, 0) is 9.59 Å². The van der Waals surface area contributed by atoms with E-state index in [1.165, 1.54) is 12.8 Å². The molecule has 3 aliphatic rings. The molecule has 0 spiro atoms. The van der Waals surface area contributed by atoms with E-state index < -0.39 is 0 Å². The van der Waals surface area contributed by atoms with Crippen LogP contribution in [0.15, 0.2) is 0 Å². The second-order valence-corrected chi connectivity index (χ2v) is 8.10. The molecule has 3 fully saturated rings. The van der Waals surface area contributed by atoms with Gasteiger partial charge in [-0.25, -0.2) is 0 Å². The Bertz CT molecular complexity index is 456. The molecule has 142 valence electrons. The van der Waals surface area contributed by atoms with Crippen molar-refractivity contribution in [3.8, 4) is 0 Å². The van der Waals surface area contributed by atoms with Gasteiger partial charge in [-0.2, -0.15) is 0 Å². The number of hydrogen-bond acceptors (Lipinski definition) is 4. The first-order valence-corrected chi connectivity index (χ1v) is 10.1. The lowest BCUT2D eigenvalue weighted by molar-refractivity contribution is -0.130. The number of nitrogens with zero attached hydrogens (tertiary/aromatic N) is 2. The van der Waals surface area contributed by atoms with Gasteiger partial charge in [0.2, 0.25) is 11.8 Å². The minimum Gasteiger partial charge on any atom is -0.356 e. The Labute approximate surface area is 151 Å². The van der Waals surface area contributed by atoms with Crippen LogP contribution in [0, 0.1) is 11.8 Å². The van der Waals surface area contributed by atoms with Crippen molar-refractivity contribution in [1.82, 2.24) is 20.4 Å². The van der Waals surface area contributed by atoms with Gasteiger partial charge in [-0.3, -0.25) is 9.59 Å². The number of likely N-dealkylation sites (tertiary alicyclic amines) is 1. The summed E-state index contributed by atoms with van der Waals surface area (Å²) in [5.74, 6) is 0.885. The Hall–Kier alpha value is -1.14. The molecule has 0 bridgehead atoms. The summed E-state index contributed by atoms with van der Waals surface area (Å²) in [5, 5.41) is 6.41. The Morgan fingerprint density at radius 2 is 1.92 bits per heavy atom. The number of nitrogens with one attached hydrogen (secondary N) is 2. The SMILES string of the molecule is CC1CCC(N2CC(C(=O)NCCCN3CCNCC3)CC2=O)CC1. The zero-order valence-electron chi connectivity index (χ0n) is 15.6. The van der Waals surface area contributed by atoms with Crippen molar-refractivity contribution in [3.63, 3.8) is 0 Å². The second-order valence-electron chi connectivity index (χ2n) is 8.10. The highest BCUT2D eigenvalue weighted by molar-refractivity contribution is 5.89. The third-order valence-electron chi connectivity index (χ3n) is 6.12. The second kappa shape index (κ2) is 8.99. The minimum atomic E-state index is -0.147. The highest BCUT2D eigenvalue weighted by atomic mass is 16.2. The van der Waals surface area contributed by atoms with Crippen LogP contribution in [0.25, 0.3) is 0 Å². The molecule has 1 saturated carbocycles. The number of amides is 2. The molecule has 0 aromatic carbocycles. The summed E-state index contributed by atoms with van der Waals surface area (Å²) in [6.45, 7) is 8.99. The number of hydrogen-bond donors (Lipinski definition) is 2. The predicted octanol–water partition coefficient (Wildman–Crippen LogP) is 0.825. The third kappa shape index (κ3) is 5.17. The van der Waals surface area contributed by atoms with Crippen molar-refractivity contribution >= 4 is 11.8 Å². The van der Waals surface area contributed by atoms with Crippen LogP contribution in [0.5, 0.6) is 0 Å². The molecule has 6 heteroatoms. The number of carbonyl (C=O) groups is 2. The van der Waals surface area contributed by atoms with Crippen LogP contribution in [0.2, 0.25) is 0 Å². The van der Waals surface area contributed by atoms with E-state index in [2.05, 4.69) is 22.5 Å². The van der Waals surface area contributed by atoms with Gasteiger partial charge in [0.1, 0.15) is 0 Å². The molecule has 2 heterocycles. The molecular weight excluding hydrogens is 316 g/mol. The van der Waals surface area contributed by atoms with Gasteiger partial charge in [0.05, 0.1) is 5.92 Å². The average Bonchev–Trinajstić information content (AvgIpc) is 3.02. The fourth-order valence-corrected chi connectivity index (χ4v) is 4.41. The predicted molar refractivity (Wildman–Crippen MR) is 98.2 cm³/mol. The molecule has 1 unspecified atom stereocenters. The Morgan fingerprint density at radius 3 is 2.64 bits per heavy atom. The van der Waals surface area contributed by atoms with Gasteiger partial charge in [0.15, 0.2) is 0 Å². The van der Waals surface area contributed by atoms with Crippen molar-refractivity contribution in [3.05, 3.63) is 0 Å². The number of rotatable bonds is 6. The summed E-state index contributed by atoms with van der Waals surface area (Å²) in [4.78, 5) is 29.2. The molecule has 6 nitrogen and oxygen atoms in total. The zero-order valence-corrected chi connectivity index (χ0v) is 15.6. The van der Waals surface area contributed by atoms with Gasteiger partial charge in [-0.1, -0.05) is 6.92 Å². The Morgan fingerprint density at radius 1 is 1.20 bits per heavy atom. The van der Waals surface area contributed by atoms with Crippen molar-refractivity contribution in [2.45, 2.75) is 51.5 Å². The quantitative estimate of drug-likeness (QED) is 0.697. The molecule has 2 saturated heterocycles. The van der Waals surface area contributed by atoms with Crippen molar-refractivity contribution in [1.29, 1.82) is 0 Å².